The molecule has 0 saturated carbocycles. The molecule has 112 valence electrons. The summed E-state index contributed by atoms with van der Waals surface area (Å²) >= 11 is 5.85. The minimum atomic E-state index is -3.38. The van der Waals surface area contributed by atoms with Crippen molar-refractivity contribution in [3.8, 4) is 0 Å². The Bertz CT molecular complexity index is 550. The highest BCUT2D eigenvalue weighted by Crippen LogP contribution is 2.13. The standard InChI is InChI=1S/C13H19ClN2O3S/c1-16-5-6-19-13(9-16)8-15-20(17,18)10-11-3-2-4-12(14)7-11/h2-4,7,13,15H,5-6,8-10H2,1H3/t13-/m1/s1. The highest BCUT2D eigenvalue weighted by molar-refractivity contribution is 7.88. The summed E-state index contributed by atoms with van der Waals surface area (Å²) in [4.78, 5) is 2.12. The Kier molecular flexibility index (Phi) is 5.40. The molecule has 1 saturated heterocycles. The van der Waals surface area contributed by atoms with Gasteiger partial charge in [-0.15, -0.1) is 0 Å². The van der Waals surface area contributed by atoms with Gasteiger partial charge in [0.2, 0.25) is 10.0 Å². The molecule has 1 heterocycles. The number of hydrogen-bond donors (Lipinski definition) is 1. The Morgan fingerprint density at radius 1 is 1.50 bits per heavy atom. The van der Waals surface area contributed by atoms with E-state index in [1.807, 2.05) is 7.05 Å². The molecule has 0 aliphatic carbocycles. The van der Waals surface area contributed by atoms with Gasteiger partial charge in [-0.3, -0.25) is 0 Å². The number of morpholine rings is 1. The van der Waals surface area contributed by atoms with Crippen LogP contribution in [0.25, 0.3) is 0 Å². The van der Waals surface area contributed by atoms with Crippen LogP contribution in [0.15, 0.2) is 24.3 Å². The summed E-state index contributed by atoms with van der Waals surface area (Å²) in [6.07, 6.45) is -0.0945. The summed E-state index contributed by atoms with van der Waals surface area (Å²) in [5, 5.41) is 0.537. The molecule has 1 aromatic rings. The lowest BCUT2D eigenvalue weighted by Crippen LogP contribution is -2.46. The van der Waals surface area contributed by atoms with Crippen LogP contribution >= 0.6 is 11.6 Å². The Labute approximate surface area is 124 Å². The van der Waals surface area contributed by atoms with Crippen LogP contribution in [-0.2, 0) is 20.5 Å². The van der Waals surface area contributed by atoms with E-state index in [0.717, 1.165) is 13.1 Å². The number of nitrogens with zero attached hydrogens (tertiary/aromatic N) is 1. The Morgan fingerprint density at radius 2 is 2.30 bits per heavy atom. The second kappa shape index (κ2) is 6.87. The normalized spacial score (nSPS) is 21.0. The molecule has 0 spiro atoms. The topological polar surface area (TPSA) is 58.6 Å². The van der Waals surface area contributed by atoms with Crippen molar-refractivity contribution >= 4 is 21.6 Å². The summed E-state index contributed by atoms with van der Waals surface area (Å²) in [7, 11) is -1.38. The predicted molar refractivity (Wildman–Crippen MR) is 79.3 cm³/mol. The van der Waals surface area contributed by atoms with E-state index < -0.39 is 10.0 Å². The molecule has 1 aliphatic heterocycles. The zero-order valence-electron chi connectivity index (χ0n) is 11.4. The van der Waals surface area contributed by atoms with E-state index in [9.17, 15) is 8.42 Å². The second-order valence-electron chi connectivity index (χ2n) is 4.99. The van der Waals surface area contributed by atoms with Gasteiger partial charge in [0.1, 0.15) is 0 Å². The van der Waals surface area contributed by atoms with Gasteiger partial charge in [0.05, 0.1) is 18.5 Å². The fraction of sp³-hybridized carbons (Fsp3) is 0.538. The van der Waals surface area contributed by atoms with Crippen molar-refractivity contribution in [3.63, 3.8) is 0 Å². The molecule has 1 atom stereocenters. The average molecular weight is 319 g/mol. The van der Waals surface area contributed by atoms with Crippen molar-refractivity contribution in [3.05, 3.63) is 34.9 Å². The maximum atomic E-state index is 12.0. The van der Waals surface area contributed by atoms with Crippen LogP contribution in [0.1, 0.15) is 5.56 Å². The predicted octanol–water partition coefficient (Wildman–Crippen LogP) is 1.09. The molecule has 0 bridgehead atoms. The number of ether oxygens (including phenoxy) is 1. The smallest absolute Gasteiger partial charge is 0.215 e. The number of hydrogen-bond acceptors (Lipinski definition) is 4. The average Bonchev–Trinajstić information content (AvgIpc) is 2.36. The van der Waals surface area contributed by atoms with Gasteiger partial charge in [0.15, 0.2) is 0 Å². The van der Waals surface area contributed by atoms with Gasteiger partial charge in [-0.2, -0.15) is 0 Å². The van der Waals surface area contributed by atoms with Gasteiger partial charge in [-0.1, -0.05) is 23.7 Å². The fourth-order valence-electron chi connectivity index (χ4n) is 2.11. The van der Waals surface area contributed by atoms with Gasteiger partial charge in [0, 0.05) is 24.7 Å². The first kappa shape index (κ1) is 15.7. The van der Waals surface area contributed by atoms with E-state index in [-0.39, 0.29) is 11.9 Å². The lowest BCUT2D eigenvalue weighted by Gasteiger charge is -2.30. The van der Waals surface area contributed by atoms with Crippen LogP contribution in [0.4, 0.5) is 0 Å². The van der Waals surface area contributed by atoms with Crippen molar-refractivity contribution in [2.45, 2.75) is 11.9 Å². The molecule has 1 aromatic carbocycles. The number of likely N-dealkylation sites (N-methyl/N-ethyl adjacent to an activating group) is 1. The first-order chi connectivity index (χ1) is 9.44. The molecule has 0 amide bonds. The van der Waals surface area contributed by atoms with E-state index >= 15 is 0 Å². The molecule has 1 fully saturated rings. The lowest BCUT2D eigenvalue weighted by molar-refractivity contribution is -0.0156. The van der Waals surface area contributed by atoms with E-state index in [1.165, 1.54) is 0 Å². The zero-order chi connectivity index (χ0) is 14.6. The monoisotopic (exact) mass is 318 g/mol. The first-order valence-electron chi connectivity index (χ1n) is 6.46. The number of nitrogens with one attached hydrogen (secondary N) is 1. The van der Waals surface area contributed by atoms with Crippen molar-refractivity contribution in [2.24, 2.45) is 0 Å². The third kappa shape index (κ3) is 5.03. The number of rotatable bonds is 5. The molecule has 7 heteroatoms. The van der Waals surface area contributed by atoms with Crippen molar-refractivity contribution in [1.29, 1.82) is 0 Å². The van der Waals surface area contributed by atoms with Crippen molar-refractivity contribution in [2.75, 3.05) is 33.3 Å². The van der Waals surface area contributed by atoms with Crippen LogP contribution in [0, 0.1) is 0 Å². The number of sulfonamides is 1. The van der Waals surface area contributed by atoms with Crippen molar-refractivity contribution in [1.82, 2.24) is 9.62 Å². The van der Waals surface area contributed by atoms with Crippen LogP contribution in [-0.4, -0.2) is 52.7 Å². The zero-order valence-corrected chi connectivity index (χ0v) is 13.0. The second-order valence-corrected chi connectivity index (χ2v) is 7.24. The molecule has 0 unspecified atom stereocenters. The quantitative estimate of drug-likeness (QED) is 0.883. The van der Waals surface area contributed by atoms with Crippen LogP contribution in [0.2, 0.25) is 5.02 Å². The Morgan fingerprint density at radius 3 is 3.00 bits per heavy atom. The third-order valence-electron chi connectivity index (χ3n) is 3.12. The summed E-state index contributed by atoms with van der Waals surface area (Å²) in [6, 6.07) is 6.87. The van der Waals surface area contributed by atoms with Crippen molar-refractivity contribution < 1.29 is 13.2 Å². The minimum absolute atomic E-state index is 0.0733. The maximum absolute atomic E-state index is 12.0. The maximum Gasteiger partial charge on any atom is 0.215 e. The molecular formula is C13H19ClN2O3S. The van der Waals surface area contributed by atoms with E-state index in [1.54, 1.807) is 24.3 Å². The Balaban J connectivity index is 1.87. The lowest BCUT2D eigenvalue weighted by atomic mass is 10.2. The SMILES string of the molecule is CN1CCO[C@H](CNS(=O)(=O)Cc2cccc(Cl)c2)C1. The first-order valence-corrected chi connectivity index (χ1v) is 8.49. The summed E-state index contributed by atoms with van der Waals surface area (Å²) in [6.45, 7) is 2.55. The molecule has 1 aliphatic rings. The fourth-order valence-corrected chi connectivity index (χ4v) is 3.48. The highest BCUT2D eigenvalue weighted by Gasteiger charge is 2.20. The van der Waals surface area contributed by atoms with E-state index in [4.69, 9.17) is 16.3 Å². The molecule has 0 radical (unpaired) electrons. The molecule has 20 heavy (non-hydrogen) atoms. The van der Waals surface area contributed by atoms with E-state index in [0.29, 0.717) is 23.7 Å². The summed E-state index contributed by atoms with van der Waals surface area (Å²) < 4.78 is 32.1. The van der Waals surface area contributed by atoms with Crippen LogP contribution in [0.3, 0.4) is 0 Å². The van der Waals surface area contributed by atoms with Gasteiger partial charge in [-0.05, 0) is 24.7 Å². The molecule has 2 rings (SSSR count). The molecule has 1 N–H and O–H groups in total. The largest absolute Gasteiger partial charge is 0.374 e. The summed E-state index contributed by atoms with van der Waals surface area (Å²) in [5.74, 6) is -0.0733. The summed E-state index contributed by atoms with van der Waals surface area (Å²) in [5.41, 5.74) is 0.673. The Hall–Kier alpha value is -0.660. The van der Waals surface area contributed by atoms with E-state index in [2.05, 4.69) is 9.62 Å². The van der Waals surface area contributed by atoms with Gasteiger partial charge in [-0.25, -0.2) is 13.1 Å². The third-order valence-corrected chi connectivity index (χ3v) is 4.67. The van der Waals surface area contributed by atoms with Gasteiger partial charge < -0.3 is 9.64 Å². The van der Waals surface area contributed by atoms with Gasteiger partial charge in [0.25, 0.3) is 0 Å². The number of halogens is 1. The molecular weight excluding hydrogens is 300 g/mol. The minimum Gasteiger partial charge on any atom is -0.374 e. The van der Waals surface area contributed by atoms with Crippen LogP contribution < -0.4 is 4.72 Å². The van der Waals surface area contributed by atoms with Gasteiger partial charge >= 0.3 is 0 Å². The highest BCUT2D eigenvalue weighted by atomic mass is 35.5. The number of benzene rings is 1. The van der Waals surface area contributed by atoms with Crippen LogP contribution in [0.5, 0.6) is 0 Å². The molecule has 5 nitrogen and oxygen atoms in total. The molecule has 0 aromatic heterocycles.